The second-order valence-electron chi connectivity index (χ2n) is 1.93. The predicted octanol–water partition coefficient (Wildman–Crippen LogP) is 2.24. The number of hydrogen-bond acceptors (Lipinski definition) is 3. The topological polar surface area (TPSA) is 26.3 Å². The van der Waals surface area contributed by atoms with Crippen LogP contribution in [0.25, 0.3) is 0 Å². The minimum Gasteiger partial charge on any atom is -0.418 e. The van der Waals surface area contributed by atoms with Crippen LogP contribution < -0.4 is 0 Å². The van der Waals surface area contributed by atoms with E-state index in [4.69, 9.17) is 0 Å². The second kappa shape index (κ2) is 2.38. The Bertz CT molecular complexity index is 164. The number of ether oxygens (including phenoxy) is 1. The SMILES string of the molecule is CCC1(F)SC(=O)OC1F. The molecule has 1 aliphatic heterocycles. The van der Waals surface area contributed by atoms with Gasteiger partial charge in [-0.15, -0.1) is 0 Å². The van der Waals surface area contributed by atoms with Gasteiger partial charge in [-0.05, 0) is 6.42 Å². The van der Waals surface area contributed by atoms with Gasteiger partial charge in [0, 0.05) is 11.8 Å². The van der Waals surface area contributed by atoms with Gasteiger partial charge in [-0.25, -0.2) is 9.18 Å². The third-order valence-corrected chi connectivity index (χ3v) is 2.35. The maximum absolute atomic E-state index is 12.9. The fourth-order valence-corrected chi connectivity index (χ4v) is 1.31. The van der Waals surface area contributed by atoms with E-state index in [2.05, 4.69) is 4.74 Å². The third kappa shape index (κ3) is 1.10. The zero-order chi connectivity index (χ0) is 7.78. The van der Waals surface area contributed by atoms with Crippen LogP contribution >= 0.6 is 11.8 Å². The van der Waals surface area contributed by atoms with Crippen molar-refractivity contribution in [3.8, 4) is 0 Å². The highest BCUT2D eigenvalue weighted by Crippen LogP contribution is 2.43. The molecule has 0 aromatic rings. The molecule has 0 radical (unpaired) electrons. The van der Waals surface area contributed by atoms with Crippen LogP contribution in [0.1, 0.15) is 13.3 Å². The lowest BCUT2D eigenvalue weighted by molar-refractivity contribution is -0.0332. The molecule has 10 heavy (non-hydrogen) atoms. The van der Waals surface area contributed by atoms with Crippen molar-refractivity contribution in [2.45, 2.75) is 24.7 Å². The average molecular weight is 168 g/mol. The maximum atomic E-state index is 12.9. The van der Waals surface area contributed by atoms with E-state index >= 15 is 0 Å². The largest absolute Gasteiger partial charge is 0.418 e. The molecule has 0 aromatic carbocycles. The number of halogens is 2. The number of rotatable bonds is 1. The Kier molecular flexibility index (Phi) is 1.85. The van der Waals surface area contributed by atoms with Crippen molar-refractivity contribution in [1.29, 1.82) is 0 Å². The highest BCUT2D eigenvalue weighted by atomic mass is 32.2. The molecule has 1 rings (SSSR count). The Balaban J connectivity index is 2.70. The van der Waals surface area contributed by atoms with Gasteiger partial charge in [-0.1, -0.05) is 6.92 Å². The second-order valence-corrected chi connectivity index (χ2v) is 3.14. The number of thioether (sulfide) groups is 1. The molecule has 1 heterocycles. The van der Waals surface area contributed by atoms with E-state index in [-0.39, 0.29) is 18.2 Å². The summed E-state index contributed by atoms with van der Waals surface area (Å²) in [6.45, 7) is 1.46. The lowest BCUT2D eigenvalue weighted by atomic mass is 10.3. The Morgan fingerprint density at radius 1 is 1.90 bits per heavy atom. The van der Waals surface area contributed by atoms with E-state index < -0.39 is 16.7 Å². The van der Waals surface area contributed by atoms with Crippen molar-refractivity contribution in [2.24, 2.45) is 0 Å². The molecule has 0 bridgehead atoms. The normalized spacial score (nSPS) is 39.9. The van der Waals surface area contributed by atoms with Crippen LogP contribution in [0.2, 0.25) is 0 Å². The first kappa shape index (κ1) is 7.78. The van der Waals surface area contributed by atoms with Crippen molar-refractivity contribution in [3.63, 3.8) is 0 Å². The van der Waals surface area contributed by atoms with Crippen molar-refractivity contribution in [2.75, 3.05) is 0 Å². The Morgan fingerprint density at radius 3 is 2.70 bits per heavy atom. The molecule has 1 saturated heterocycles. The molecule has 58 valence electrons. The Morgan fingerprint density at radius 2 is 2.50 bits per heavy atom. The first-order valence-corrected chi connectivity index (χ1v) is 3.63. The van der Waals surface area contributed by atoms with Crippen LogP contribution in [0.5, 0.6) is 0 Å². The molecule has 2 atom stereocenters. The van der Waals surface area contributed by atoms with Crippen LogP contribution in [0.15, 0.2) is 0 Å². The Labute approximate surface area is 60.9 Å². The summed E-state index contributed by atoms with van der Waals surface area (Å²) < 4.78 is 29.3. The molecule has 0 spiro atoms. The Hall–Kier alpha value is -0.320. The quantitative estimate of drug-likeness (QED) is 0.561. The highest BCUT2D eigenvalue weighted by molar-refractivity contribution is 8.14. The first-order valence-electron chi connectivity index (χ1n) is 2.81. The van der Waals surface area contributed by atoms with Crippen LogP contribution in [0.4, 0.5) is 13.6 Å². The van der Waals surface area contributed by atoms with Gasteiger partial charge in [-0.3, -0.25) is 0 Å². The summed E-state index contributed by atoms with van der Waals surface area (Å²) in [6, 6.07) is 0. The van der Waals surface area contributed by atoms with E-state index in [1.165, 1.54) is 6.92 Å². The molecule has 0 saturated carbocycles. The lowest BCUT2D eigenvalue weighted by Crippen LogP contribution is -2.25. The number of carbonyl (C=O) groups is 1. The summed E-state index contributed by atoms with van der Waals surface area (Å²) in [5.41, 5.74) is 0. The summed E-state index contributed by atoms with van der Waals surface area (Å²) >= 11 is 0.273. The van der Waals surface area contributed by atoms with Crippen LogP contribution in [0, 0.1) is 0 Å². The zero-order valence-corrected chi connectivity index (χ0v) is 6.08. The van der Waals surface area contributed by atoms with Gasteiger partial charge in [0.25, 0.3) is 6.36 Å². The zero-order valence-electron chi connectivity index (χ0n) is 5.27. The lowest BCUT2D eigenvalue weighted by Gasteiger charge is -2.13. The van der Waals surface area contributed by atoms with Gasteiger partial charge in [-0.2, -0.15) is 4.39 Å². The van der Waals surface area contributed by atoms with Crippen molar-refractivity contribution in [3.05, 3.63) is 0 Å². The first-order chi connectivity index (χ1) is 4.58. The molecule has 2 unspecified atom stereocenters. The molecule has 1 fully saturated rings. The van der Waals surface area contributed by atoms with Crippen molar-refractivity contribution in [1.82, 2.24) is 0 Å². The van der Waals surface area contributed by atoms with Gasteiger partial charge < -0.3 is 4.74 Å². The molecule has 1 aliphatic rings. The highest BCUT2D eigenvalue weighted by Gasteiger charge is 2.50. The number of hydrogen-bond donors (Lipinski definition) is 0. The number of cyclic esters (lactones) is 1. The summed E-state index contributed by atoms with van der Waals surface area (Å²) in [6.07, 6.45) is -2.17. The van der Waals surface area contributed by atoms with Crippen LogP contribution in [-0.4, -0.2) is 16.7 Å². The van der Waals surface area contributed by atoms with Gasteiger partial charge >= 0.3 is 5.30 Å². The van der Waals surface area contributed by atoms with E-state index in [0.29, 0.717) is 0 Å². The fourth-order valence-electron chi connectivity index (χ4n) is 0.614. The summed E-state index contributed by atoms with van der Waals surface area (Å²) in [5.74, 6) is 0. The molecule has 0 aliphatic carbocycles. The summed E-state index contributed by atoms with van der Waals surface area (Å²) in [7, 11) is 0. The van der Waals surface area contributed by atoms with Gasteiger partial charge in [0.1, 0.15) is 0 Å². The van der Waals surface area contributed by atoms with Gasteiger partial charge in [0.05, 0.1) is 0 Å². The molecule has 5 heteroatoms. The predicted molar refractivity (Wildman–Crippen MR) is 33.1 cm³/mol. The number of carbonyl (C=O) groups excluding carboxylic acids is 1. The van der Waals surface area contributed by atoms with Gasteiger partial charge in [0.2, 0.25) is 5.00 Å². The molecular weight excluding hydrogens is 162 g/mol. The van der Waals surface area contributed by atoms with Crippen LogP contribution in [-0.2, 0) is 4.74 Å². The standard InChI is InChI=1S/C5H6F2O2S/c1-2-5(7)3(6)9-4(8)10-5/h3H,2H2,1H3. The van der Waals surface area contributed by atoms with Crippen molar-refractivity contribution >= 4 is 17.1 Å². The fraction of sp³-hybridized carbons (Fsp3) is 0.800. The molecular formula is C5H6F2O2S. The van der Waals surface area contributed by atoms with E-state index in [0.717, 1.165) is 0 Å². The number of alkyl halides is 2. The monoisotopic (exact) mass is 168 g/mol. The molecule has 0 amide bonds. The minimum absolute atomic E-state index is 0.0649. The molecule has 0 aromatic heterocycles. The molecule has 2 nitrogen and oxygen atoms in total. The molecule has 0 N–H and O–H groups in total. The van der Waals surface area contributed by atoms with E-state index in [1.807, 2.05) is 0 Å². The van der Waals surface area contributed by atoms with Crippen LogP contribution in [0.3, 0.4) is 0 Å². The van der Waals surface area contributed by atoms with E-state index in [9.17, 15) is 13.6 Å². The average Bonchev–Trinajstić information content (AvgIpc) is 2.09. The summed E-state index contributed by atoms with van der Waals surface area (Å²) in [5, 5.41) is -3.03. The summed E-state index contributed by atoms with van der Waals surface area (Å²) in [4.78, 5) is 10.3. The maximum Gasteiger partial charge on any atom is 0.373 e. The third-order valence-electron chi connectivity index (χ3n) is 1.27. The van der Waals surface area contributed by atoms with E-state index in [1.54, 1.807) is 0 Å². The van der Waals surface area contributed by atoms with Gasteiger partial charge in [0.15, 0.2) is 0 Å². The smallest absolute Gasteiger partial charge is 0.373 e. The van der Waals surface area contributed by atoms with Crippen molar-refractivity contribution < 1.29 is 18.3 Å². The minimum atomic E-state index is -2.16.